The summed E-state index contributed by atoms with van der Waals surface area (Å²) in [4.78, 5) is 28.5. The highest BCUT2D eigenvalue weighted by Crippen LogP contribution is 2.30. The number of quaternary nitrogens is 1. The molecule has 25 heavy (non-hydrogen) atoms. The van der Waals surface area contributed by atoms with Crippen molar-refractivity contribution in [3.8, 4) is 0 Å². The zero-order chi connectivity index (χ0) is 17.6. The van der Waals surface area contributed by atoms with Crippen molar-refractivity contribution in [3.05, 3.63) is 0 Å². The van der Waals surface area contributed by atoms with Crippen LogP contribution >= 0.6 is 0 Å². The second-order valence-electron chi connectivity index (χ2n) is 8.20. The van der Waals surface area contributed by atoms with E-state index in [0.29, 0.717) is 18.9 Å². The Balaban J connectivity index is 1.42. The van der Waals surface area contributed by atoms with Crippen LogP contribution in [-0.4, -0.2) is 54.5 Å². The monoisotopic (exact) mass is 350 g/mol. The lowest BCUT2D eigenvalue weighted by atomic mass is 10.00. The van der Waals surface area contributed by atoms with E-state index in [4.69, 9.17) is 0 Å². The first-order valence-corrected chi connectivity index (χ1v) is 10.6. The van der Waals surface area contributed by atoms with E-state index in [0.717, 1.165) is 38.4 Å². The summed E-state index contributed by atoms with van der Waals surface area (Å²) in [7, 11) is 0. The Bertz CT molecular complexity index is 462. The summed E-state index contributed by atoms with van der Waals surface area (Å²) in [6, 6.07) is 0.921. The number of hydrogen-bond donors (Lipinski definition) is 2. The van der Waals surface area contributed by atoms with Gasteiger partial charge in [0.15, 0.2) is 0 Å². The number of hydrogen-bond acceptors (Lipinski definition) is 2. The standard InChI is InChI=1S/C20H35N3O2/c1-2-16-8-5-6-14-22(16)15-7-13-21-20(25)18-11-12-19(24)23(18)17-9-3-4-10-17/h16-18H,2-15H2,1H3,(H,21,25)/p+1. The smallest absolute Gasteiger partial charge is 0.242 e. The van der Waals surface area contributed by atoms with Gasteiger partial charge >= 0.3 is 0 Å². The molecule has 3 rings (SSSR count). The molecule has 1 aliphatic carbocycles. The van der Waals surface area contributed by atoms with Crippen LogP contribution in [0.15, 0.2) is 0 Å². The summed E-state index contributed by atoms with van der Waals surface area (Å²) in [5.41, 5.74) is 0. The highest BCUT2D eigenvalue weighted by atomic mass is 16.2. The molecule has 0 aromatic carbocycles. The van der Waals surface area contributed by atoms with E-state index >= 15 is 0 Å². The highest BCUT2D eigenvalue weighted by Gasteiger charge is 2.40. The predicted octanol–water partition coefficient (Wildman–Crippen LogP) is 1.27. The van der Waals surface area contributed by atoms with Crippen LogP contribution in [0.2, 0.25) is 0 Å². The Labute approximate surface area is 152 Å². The minimum atomic E-state index is -0.207. The summed E-state index contributed by atoms with van der Waals surface area (Å²) in [5.74, 6) is 0.272. The van der Waals surface area contributed by atoms with Gasteiger partial charge in [0.25, 0.3) is 0 Å². The van der Waals surface area contributed by atoms with Crippen molar-refractivity contribution in [1.82, 2.24) is 10.2 Å². The highest BCUT2D eigenvalue weighted by molar-refractivity contribution is 5.91. The maximum atomic E-state index is 12.6. The molecule has 0 radical (unpaired) electrons. The first kappa shape index (κ1) is 18.7. The fourth-order valence-corrected chi connectivity index (χ4v) is 5.22. The van der Waals surface area contributed by atoms with Crippen LogP contribution < -0.4 is 10.2 Å². The number of carbonyl (C=O) groups is 2. The van der Waals surface area contributed by atoms with Crippen LogP contribution in [0.3, 0.4) is 0 Å². The minimum Gasteiger partial charge on any atom is -0.354 e. The van der Waals surface area contributed by atoms with Crippen LogP contribution in [0, 0.1) is 0 Å². The molecule has 5 nitrogen and oxygen atoms in total. The summed E-state index contributed by atoms with van der Waals surface area (Å²) >= 11 is 0. The molecule has 0 spiro atoms. The van der Waals surface area contributed by atoms with Gasteiger partial charge in [-0.3, -0.25) is 9.59 Å². The summed E-state index contributed by atoms with van der Waals surface area (Å²) in [6.45, 7) is 5.50. The number of piperidine rings is 1. The third-order valence-corrected chi connectivity index (χ3v) is 6.62. The van der Waals surface area contributed by atoms with Crippen molar-refractivity contribution in [2.24, 2.45) is 0 Å². The van der Waals surface area contributed by atoms with Gasteiger partial charge in [-0.1, -0.05) is 19.8 Å². The Morgan fingerprint density at radius 1 is 1.16 bits per heavy atom. The van der Waals surface area contributed by atoms with E-state index in [1.165, 1.54) is 45.1 Å². The molecule has 0 aromatic rings. The number of nitrogens with zero attached hydrogens (tertiary/aromatic N) is 1. The number of carbonyl (C=O) groups excluding carboxylic acids is 2. The van der Waals surface area contributed by atoms with E-state index < -0.39 is 0 Å². The summed E-state index contributed by atoms with van der Waals surface area (Å²) < 4.78 is 0. The molecule has 0 bridgehead atoms. The van der Waals surface area contributed by atoms with Gasteiger partial charge in [0, 0.05) is 25.4 Å². The zero-order valence-electron chi connectivity index (χ0n) is 15.9. The average molecular weight is 351 g/mol. The maximum absolute atomic E-state index is 12.6. The van der Waals surface area contributed by atoms with Crippen LogP contribution in [0.5, 0.6) is 0 Å². The second-order valence-corrected chi connectivity index (χ2v) is 8.20. The van der Waals surface area contributed by atoms with Crippen molar-refractivity contribution in [2.45, 2.75) is 95.7 Å². The third-order valence-electron chi connectivity index (χ3n) is 6.62. The molecule has 2 aliphatic heterocycles. The molecule has 3 aliphatic rings. The van der Waals surface area contributed by atoms with Gasteiger partial charge in [-0.2, -0.15) is 0 Å². The van der Waals surface area contributed by atoms with Gasteiger partial charge in [0.05, 0.1) is 19.1 Å². The SMILES string of the molecule is CCC1CCCC[NH+]1CCCNC(=O)C1CCC(=O)N1C1CCCC1. The molecule has 142 valence electrons. The number of rotatable bonds is 7. The van der Waals surface area contributed by atoms with Gasteiger partial charge in [0.1, 0.15) is 6.04 Å². The molecule has 2 amide bonds. The van der Waals surface area contributed by atoms with Crippen LogP contribution in [-0.2, 0) is 9.59 Å². The minimum absolute atomic E-state index is 0.0819. The lowest BCUT2D eigenvalue weighted by Crippen LogP contribution is -3.16. The van der Waals surface area contributed by atoms with Gasteiger partial charge in [-0.15, -0.1) is 0 Å². The van der Waals surface area contributed by atoms with Crippen LogP contribution in [0.1, 0.15) is 77.6 Å². The third kappa shape index (κ3) is 4.55. The lowest BCUT2D eigenvalue weighted by molar-refractivity contribution is -0.930. The van der Waals surface area contributed by atoms with Crippen LogP contribution in [0.25, 0.3) is 0 Å². The van der Waals surface area contributed by atoms with E-state index in [1.807, 2.05) is 4.90 Å². The molecule has 3 unspecified atom stereocenters. The summed E-state index contributed by atoms with van der Waals surface area (Å²) in [6.07, 6.45) is 12.2. The largest absolute Gasteiger partial charge is 0.354 e. The number of amides is 2. The second kappa shape index (κ2) is 9.02. The topological polar surface area (TPSA) is 53.9 Å². The molecule has 5 heteroatoms. The van der Waals surface area contributed by atoms with Gasteiger partial charge in [-0.05, 0) is 44.9 Å². The Morgan fingerprint density at radius 2 is 1.92 bits per heavy atom. The van der Waals surface area contributed by atoms with Crippen molar-refractivity contribution in [1.29, 1.82) is 0 Å². The Hall–Kier alpha value is -1.10. The summed E-state index contributed by atoms with van der Waals surface area (Å²) in [5, 5.41) is 3.12. The first-order valence-electron chi connectivity index (χ1n) is 10.6. The van der Waals surface area contributed by atoms with Crippen molar-refractivity contribution < 1.29 is 14.5 Å². The lowest BCUT2D eigenvalue weighted by Gasteiger charge is -2.32. The molecule has 0 aromatic heterocycles. The normalized spacial score (nSPS) is 30.8. The molecule has 2 saturated heterocycles. The molecule has 3 atom stereocenters. The van der Waals surface area contributed by atoms with Gasteiger partial charge in [-0.25, -0.2) is 0 Å². The Morgan fingerprint density at radius 3 is 2.68 bits per heavy atom. The molecule has 3 fully saturated rings. The van der Waals surface area contributed by atoms with Gasteiger partial charge < -0.3 is 15.1 Å². The average Bonchev–Trinajstić information content (AvgIpc) is 3.28. The molecule has 1 saturated carbocycles. The fraction of sp³-hybridized carbons (Fsp3) is 0.900. The Kier molecular flexibility index (Phi) is 6.74. The fourth-order valence-electron chi connectivity index (χ4n) is 5.22. The van der Waals surface area contributed by atoms with Crippen molar-refractivity contribution in [3.63, 3.8) is 0 Å². The first-order chi connectivity index (χ1) is 12.2. The van der Waals surface area contributed by atoms with Crippen molar-refractivity contribution in [2.75, 3.05) is 19.6 Å². The quantitative estimate of drug-likeness (QED) is 0.680. The van der Waals surface area contributed by atoms with Gasteiger partial charge in [0.2, 0.25) is 11.8 Å². The van der Waals surface area contributed by atoms with E-state index in [-0.39, 0.29) is 17.9 Å². The molecule has 2 N–H and O–H groups in total. The molecular formula is C20H36N3O2+. The maximum Gasteiger partial charge on any atom is 0.242 e. The predicted molar refractivity (Wildman–Crippen MR) is 98.4 cm³/mol. The van der Waals surface area contributed by atoms with Crippen molar-refractivity contribution >= 4 is 11.8 Å². The zero-order valence-corrected chi connectivity index (χ0v) is 15.9. The molecular weight excluding hydrogens is 314 g/mol. The van der Waals surface area contributed by atoms with E-state index in [2.05, 4.69) is 12.2 Å². The number of nitrogens with one attached hydrogen (secondary N) is 2. The van der Waals surface area contributed by atoms with Crippen LogP contribution in [0.4, 0.5) is 0 Å². The van der Waals surface area contributed by atoms with E-state index in [9.17, 15) is 9.59 Å². The van der Waals surface area contributed by atoms with E-state index in [1.54, 1.807) is 4.90 Å². The molecule has 2 heterocycles. The number of likely N-dealkylation sites (tertiary alicyclic amines) is 2.